The van der Waals surface area contributed by atoms with Gasteiger partial charge in [0.25, 0.3) is 5.52 Å². The summed E-state index contributed by atoms with van der Waals surface area (Å²) in [5.74, 6) is -5.33. The van der Waals surface area contributed by atoms with Crippen LogP contribution in [0, 0.1) is 0 Å². The zero-order valence-corrected chi connectivity index (χ0v) is 26.6. The molecule has 1 aromatic carbocycles. The number of aliphatic imine (C=N–C) groups is 1. The van der Waals surface area contributed by atoms with Gasteiger partial charge in [0, 0.05) is 13.0 Å². The lowest BCUT2D eigenvalue weighted by Gasteiger charge is -2.25. The number of nitrogens with two attached hydrogens (primary N) is 4. The van der Waals surface area contributed by atoms with E-state index in [1.807, 2.05) is 0 Å². The number of hydrogen-bond acceptors (Lipinski definition) is 10. The molecule has 0 heterocycles. The Labute approximate surface area is 270 Å². The third-order valence-electron chi connectivity index (χ3n) is 6.52. The smallest absolute Gasteiger partial charge is 0.393 e. The lowest BCUT2D eigenvalue weighted by molar-refractivity contribution is -0.141. The molecule has 0 bridgehead atoms. The number of benzene rings is 1. The van der Waals surface area contributed by atoms with Crippen molar-refractivity contribution in [3.05, 3.63) is 35.9 Å². The lowest BCUT2D eigenvalue weighted by atomic mass is 10.0. The van der Waals surface area contributed by atoms with Crippen molar-refractivity contribution in [3.63, 3.8) is 0 Å². The number of carbonyl (C=O) groups is 6. The Kier molecular flexibility index (Phi) is 17.8. The van der Waals surface area contributed by atoms with E-state index in [1.165, 1.54) is 0 Å². The highest BCUT2D eigenvalue weighted by atomic mass is 31.2. The van der Waals surface area contributed by atoms with E-state index in [1.54, 1.807) is 30.3 Å². The zero-order valence-electron chi connectivity index (χ0n) is 25.7. The number of guanidine groups is 1. The highest BCUT2D eigenvalue weighted by Crippen LogP contribution is 2.37. The highest BCUT2D eigenvalue weighted by Gasteiger charge is 2.36. The van der Waals surface area contributed by atoms with Crippen LogP contribution in [0.2, 0.25) is 0 Å². The van der Waals surface area contributed by atoms with E-state index in [-0.39, 0.29) is 44.7 Å². The van der Waals surface area contributed by atoms with Crippen molar-refractivity contribution in [3.8, 4) is 0 Å². The molecule has 0 spiro atoms. The fraction of sp³-hybridized carbons (Fsp3) is 0.519. The summed E-state index contributed by atoms with van der Waals surface area (Å²) in [5.41, 5.74) is 20.7. The summed E-state index contributed by atoms with van der Waals surface area (Å²) in [6.45, 7) is -0.202. The molecule has 47 heavy (non-hydrogen) atoms. The maximum Gasteiger partial charge on any atom is 0.393 e. The van der Waals surface area contributed by atoms with Crippen molar-refractivity contribution in [1.82, 2.24) is 21.3 Å². The number of aliphatic carboxylic acids is 1. The molecule has 1 aromatic rings. The molecule has 20 heteroatoms. The molecule has 15 N–H and O–H groups in total. The van der Waals surface area contributed by atoms with Crippen LogP contribution >= 0.6 is 7.60 Å². The van der Waals surface area contributed by atoms with Crippen LogP contribution in [0.3, 0.4) is 0 Å². The lowest BCUT2D eigenvalue weighted by Crippen LogP contribution is -2.57. The van der Waals surface area contributed by atoms with Gasteiger partial charge in [0.2, 0.25) is 23.6 Å². The summed E-state index contributed by atoms with van der Waals surface area (Å²) in [4.78, 5) is 98.0. The van der Waals surface area contributed by atoms with E-state index in [2.05, 4.69) is 26.3 Å². The van der Waals surface area contributed by atoms with Crippen molar-refractivity contribution in [2.75, 3.05) is 19.6 Å². The molecule has 0 radical (unpaired) electrons. The van der Waals surface area contributed by atoms with Crippen molar-refractivity contribution in [2.24, 2.45) is 27.9 Å². The number of amides is 4. The normalized spacial score (nSPS) is 13.6. The van der Waals surface area contributed by atoms with Crippen LogP contribution in [0.5, 0.6) is 0 Å². The number of hydrogen-bond donors (Lipinski definition) is 11. The summed E-state index contributed by atoms with van der Waals surface area (Å²) in [6, 6.07) is 2.43. The Balaban J connectivity index is 3.06. The summed E-state index contributed by atoms with van der Waals surface area (Å²) < 4.78 is 11.7. The van der Waals surface area contributed by atoms with Gasteiger partial charge in [-0.15, -0.1) is 0 Å². The Morgan fingerprint density at radius 3 is 2.02 bits per heavy atom. The first kappa shape index (κ1) is 40.6. The molecule has 0 unspecified atom stereocenters. The first-order valence-corrected chi connectivity index (χ1v) is 16.2. The van der Waals surface area contributed by atoms with Gasteiger partial charge in [-0.2, -0.15) is 0 Å². The maximum atomic E-state index is 13.4. The first-order chi connectivity index (χ1) is 22.0. The molecule has 0 fully saturated rings. The second-order valence-electron chi connectivity index (χ2n) is 10.5. The van der Waals surface area contributed by atoms with Crippen LogP contribution in [0.15, 0.2) is 35.3 Å². The van der Waals surface area contributed by atoms with Crippen molar-refractivity contribution in [1.29, 1.82) is 0 Å². The largest absolute Gasteiger partial charge is 0.481 e. The maximum absolute atomic E-state index is 13.4. The molecule has 262 valence electrons. The second-order valence-corrected chi connectivity index (χ2v) is 12.0. The van der Waals surface area contributed by atoms with Gasteiger partial charge in [-0.3, -0.25) is 38.3 Å². The Morgan fingerprint density at radius 1 is 0.830 bits per heavy atom. The quantitative estimate of drug-likeness (QED) is 0.0244. The molecule has 4 atom stereocenters. The summed E-state index contributed by atoms with van der Waals surface area (Å²) >= 11 is 0. The minimum absolute atomic E-state index is 0.121. The van der Waals surface area contributed by atoms with Crippen molar-refractivity contribution >= 4 is 48.7 Å². The van der Waals surface area contributed by atoms with Crippen LogP contribution in [0.4, 0.5) is 0 Å². The van der Waals surface area contributed by atoms with E-state index < -0.39 is 79.9 Å². The molecule has 4 amide bonds. The van der Waals surface area contributed by atoms with Gasteiger partial charge < -0.3 is 59.1 Å². The zero-order chi connectivity index (χ0) is 35.6. The predicted octanol–water partition coefficient (Wildman–Crippen LogP) is -3.51. The molecular formula is C27H44N9O10P. The van der Waals surface area contributed by atoms with Gasteiger partial charge in [-0.25, -0.2) is 0 Å². The Hall–Kier alpha value is -4.42. The van der Waals surface area contributed by atoms with Crippen molar-refractivity contribution in [2.45, 2.75) is 69.1 Å². The summed E-state index contributed by atoms with van der Waals surface area (Å²) in [6.07, 6.45) is -0.0343. The third kappa shape index (κ3) is 16.6. The SMILES string of the molecule is NCCCC[C@H](NC(=O)[C@@H](Cc1ccccc1)NC(=O)[C@@H](CC(=O)O)NC(=O)CNC(=O)[C@H](N)CCCN=C(N)N)C(=O)P(=O)(O)O. The van der Waals surface area contributed by atoms with E-state index in [0.29, 0.717) is 18.4 Å². The topological polar surface area (TPSA) is 345 Å². The van der Waals surface area contributed by atoms with Gasteiger partial charge in [0.05, 0.1) is 19.0 Å². The number of carboxylic acids is 1. The number of carboxylic acid groups (broad SMARTS) is 1. The molecule has 0 saturated heterocycles. The van der Waals surface area contributed by atoms with Crippen LogP contribution in [0.25, 0.3) is 0 Å². The number of unbranched alkanes of at least 4 members (excludes halogenated alkanes) is 1. The Morgan fingerprint density at radius 2 is 1.45 bits per heavy atom. The van der Waals surface area contributed by atoms with E-state index >= 15 is 0 Å². The standard InChI is InChI=1S/C27H44N9O10P/c28-11-5-4-10-18(26(43)47(44,45)46)35-24(41)19(13-16-7-2-1-3-8-16)36-25(42)20(14-22(38)39)34-21(37)15-33-23(40)17(29)9-6-12-32-27(30)31/h1-3,7-8,17-20H,4-6,9-15,28-29H2,(H,33,40)(H,34,37)(H,35,41)(H,36,42)(H,38,39)(H4,30,31,32)(H2,44,45,46)/t17-,18+,19-,20-/m1/s1. The number of nitrogens with zero attached hydrogens (tertiary/aromatic N) is 1. The van der Waals surface area contributed by atoms with Crippen LogP contribution in [0.1, 0.15) is 44.1 Å². The van der Waals surface area contributed by atoms with Crippen molar-refractivity contribution < 1.29 is 48.2 Å². The van der Waals surface area contributed by atoms with Gasteiger partial charge in [0.15, 0.2) is 5.96 Å². The van der Waals surface area contributed by atoms with Gasteiger partial charge >= 0.3 is 13.6 Å². The van der Waals surface area contributed by atoms with Crippen LogP contribution in [-0.4, -0.2) is 99.8 Å². The fourth-order valence-electron chi connectivity index (χ4n) is 4.14. The van der Waals surface area contributed by atoms with Gasteiger partial charge in [-0.1, -0.05) is 30.3 Å². The number of nitrogens with one attached hydrogen (secondary N) is 4. The molecule has 19 nitrogen and oxygen atoms in total. The van der Waals surface area contributed by atoms with E-state index in [9.17, 15) is 48.2 Å². The minimum atomic E-state index is -5.26. The summed E-state index contributed by atoms with van der Waals surface area (Å²) in [5, 5.41) is 18.5. The van der Waals surface area contributed by atoms with Gasteiger partial charge in [-0.05, 0) is 44.2 Å². The molecule has 0 aliphatic heterocycles. The molecular weight excluding hydrogens is 641 g/mol. The van der Waals surface area contributed by atoms with E-state index in [0.717, 1.165) is 0 Å². The summed E-state index contributed by atoms with van der Waals surface area (Å²) in [7, 11) is -5.26. The molecule has 0 saturated carbocycles. The average molecular weight is 686 g/mol. The molecule has 0 aliphatic rings. The molecule has 0 aromatic heterocycles. The van der Waals surface area contributed by atoms with Gasteiger partial charge in [0.1, 0.15) is 18.1 Å². The number of rotatable bonds is 22. The predicted molar refractivity (Wildman–Crippen MR) is 169 cm³/mol. The Bertz CT molecular complexity index is 1300. The fourth-order valence-corrected chi connectivity index (χ4v) is 4.73. The van der Waals surface area contributed by atoms with Crippen LogP contribution in [-0.2, 0) is 39.8 Å². The monoisotopic (exact) mass is 685 g/mol. The first-order valence-electron chi connectivity index (χ1n) is 14.6. The minimum Gasteiger partial charge on any atom is -0.481 e. The average Bonchev–Trinajstić information content (AvgIpc) is 3.00. The second kappa shape index (κ2) is 20.7. The highest BCUT2D eigenvalue weighted by molar-refractivity contribution is 7.70. The number of carbonyl (C=O) groups excluding carboxylic acids is 5. The molecule has 1 rings (SSSR count). The third-order valence-corrected chi connectivity index (χ3v) is 7.41. The molecule has 0 aliphatic carbocycles. The van der Waals surface area contributed by atoms with E-state index in [4.69, 9.17) is 22.9 Å². The van der Waals surface area contributed by atoms with Crippen LogP contribution < -0.4 is 44.2 Å².